The second kappa shape index (κ2) is 9.49. The van der Waals surface area contributed by atoms with E-state index in [1.165, 1.54) is 11.3 Å². The smallest absolute Gasteiger partial charge is 0.261 e. The van der Waals surface area contributed by atoms with Crippen LogP contribution in [0.5, 0.6) is 5.75 Å². The third-order valence-electron chi connectivity index (χ3n) is 5.84. The number of carbonyl (C=O) groups excluding carboxylic acids is 1. The van der Waals surface area contributed by atoms with E-state index >= 15 is 0 Å². The number of methoxy groups -OCH3 is 1. The van der Waals surface area contributed by atoms with E-state index in [-0.39, 0.29) is 5.91 Å². The van der Waals surface area contributed by atoms with E-state index in [1.807, 2.05) is 78.2 Å². The second-order valence-corrected chi connectivity index (χ2v) is 10.1. The molecule has 0 N–H and O–H groups in total. The molecule has 0 unspecified atom stereocenters. The number of nitrogens with zero attached hydrogens (tertiary/aromatic N) is 4. The Balaban J connectivity index is 1.51. The van der Waals surface area contributed by atoms with Gasteiger partial charge in [-0.05, 0) is 53.4 Å². The zero-order chi connectivity index (χ0) is 24.5. The maximum Gasteiger partial charge on any atom is 0.261 e. The summed E-state index contributed by atoms with van der Waals surface area (Å²) in [6, 6.07) is 23.2. The van der Waals surface area contributed by atoms with Crippen molar-refractivity contribution in [1.29, 1.82) is 0 Å². The number of aromatic nitrogens is 3. The van der Waals surface area contributed by atoms with Crippen molar-refractivity contribution in [2.24, 2.45) is 0 Å². The number of hydrogen-bond acceptors (Lipinski definition) is 7. The van der Waals surface area contributed by atoms with Gasteiger partial charge in [-0.25, -0.2) is 9.97 Å². The number of carbonyl (C=O) groups is 1. The molecule has 0 radical (unpaired) electrons. The first-order valence-corrected chi connectivity index (χ1v) is 13.0. The fraction of sp³-hybridized carbons (Fsp3) is 0.0714. The van der Waals surface area contributed by atoms with Gasteiger partial charge in [0.05, 0.1) is 45.5 Å². The number of hydrogen-bond donors (Lipinski definition) is 0. The fourth-order valence-corrected chi connectivity index (χ4v) is 5.76. The maximum absolute atomic E-state index is 14.3. The minimum Gasteiger partial charge on any atom is -0.497 e. The summed E-state index contributed by atoms with van der Waals surface area (Å²) in [5, 5.41) is 3.44. The second-order valence-electron chi connectivity index (χ2n) is 8.13. The number of thiophene rings is 1. The fourth-order valence-electron chi connectivity index (χ4n) is 4.08. The topological polar surface area (TPSA) is 68.2 Å². The summed E-state index contributed by atoms with van der Waals surface area (Å²) in [6.45, 7) is 0.342. The molecule has 0 spiro atoms. The van der Waals surface area contributed by atoms with E-state index in [1.54, 1.807) is 35.7 Å². The Bertz CT molecular complexity index is 1680. The van der Waals surface area contributed by atoms with Crippen molar-refractivity contribution in [2.75, 3.05) is 12.0 Å². The molecule has 8 heteroatoms. The Hall–Kier alpha value is -4.14. The summed E-state index contributed by atoms with van der Waals surface area (Å²) in [6.07, 6.45) is 3.50. The molecule has 6 aromatic rings. The lowest BCUT2D eigenvalue weighted by Crippen LogP contribution is -2.30. The molecule has 0 aliphatic carbocycles. The number of thiazole rings is 1. The van der Waals surface area contributed by atoms with Crippen molar-refractivity contribution < 1.29 is 9.53 Å². The largest absolute Gasteiger partial charge is 0.497 e. The number of fused-ring (bicyclic) bond motifs is 2. The van der Waals surface area contributed by atoms with E-state index in [0.717, 1.165) is 43.0 Å². The molecule has 1 amide bonds. The maximum atomic E-state index is 14.3. The lowest BCUT2D eigenvalue weighted by molar-refractivity contribution is 0.0986. The van der Waals surface area contributed by atoms with Crippen molar-refractivity contribution in [3.05, 3.63) is 102 Å². The Morgan fingerprint density at radius 3 is 2.69 bits per heavy atom. The molecule has 0 saturated carbocycles. The summed E-state index contributed by atoms with van der Waals surface area (Å²) in [5.41, 5.74) is 3.88. The summed E-state index contributed by atoms with van der Waals surface area (Å²) in [4.78, 5) is 31.0. The Kier molecular flexibility index (Phi) is 5.88. The van der Waals surface area contributed by atoms with Crippen LogP contribution in [-0.4, -0.2) is 28.0 Å². The normalized spacial score (nSPS) is 11.1. The molecule has 0 fully saturated rings. The standard InChI is InChI=1S/C28H20N4O2S2/c1-34-19-10-11-23-26(14-19)36-28(31-23)32(17-18-6-4-12-29-16-18)27(33)21-15-24(25-9-5-13-35-25)30-22-8-3-2-7-20(21)22/h2-16H,17H2,1H3. The number of benzene rings is 2. The van der Waals surface area contributed by atoms with Crippen LogP contribution in [0.3, 0.4) is 0 Å². The van der Waals surface area contributed by atoms with Gasteiger partial charge < -0.3 is 4.74 Å². The Morgan fingerprint density at radius 1 is 0.972 bits per heavy atom. The molecule has 6 nitrogen and oxygen atoms in total. The van der Waals surface area contributed by atoms with Gasteiger partial charge in [-0.3, -0.25) is 14.7 Å². The average molecular weight is 509 g/mol. The van der Waals surface area contributed by atoms with Crippen molar-refractivity contribution in [3.63, 3.8) is 0 Å². The van der Waals surface area contributed by atoms with Crippen LogP contribution in [-0.2, 0) is 6.54 Å². The molecule has 6 rings (SSSR count). The van der Waals surface area contributed by atoms with Crippen LogP contribution < -0.4 is 9.64 Å². The van der Waals surface area contributed by atoms with Gasteiger partial charge in [0.1, 0.15) is 5.75 Å². The van der Waals surface area contributed by atoms with E-state index in [4.69, 9.17) is 14.7 Å². The molecule has 0 bridgehead atoms. The van der Waals surface area contributed by atoms with E-state index in [9.17, 15) is 4.79 Å². The first-order chi connectivity index (χ1) is 17.7. The van der Waals surface area contributed by atoms with Gasteiger partial charge in [0.2, 0.25) is 0 Å². The third-order valence-corrected chi connectivity index (χ3v) is 7.78. The highest BCUT2D eigenvalue weighted by molar-refractivity contribution is 7.22. The molecule has 0 aliphatic rings. The monoisotopic (exact) mass is 508 g/mol. The van der Waals surface area contributed by atoms with Gasteiger partial charge in [-0.15, -0.1) is 11.3 Å². The molecule has 36 heavy (non-hydrogen) atoms. The van der Waals surface area contributed by atoms with Gasteiger partial charge in [0.15, 0.2) is 5.13 Å². The summed E-state index contributed by atoms with van der Waals surface area (Å²) >= 11 is 3.07. The van der Waals surface area contributed by atoms with Crippen LogP contribution in [0.25, 0.3) is 31.7 Å². The van der Waals surface area contributed by atoms with E-state index < -0.39 is 0 Å². The number of pyridine rings is 2. The van der Waals surface area contributed by atoms with Crippen LogP contribution >= 0.6 is 22.7 Å². The highest BCUT2D eigenvalue weighted by Crippen LogP contribution is 2.35. The van der Waals surface area contributed by atoms with Gasteiger partial charge in [0.25, 0.3) is 5.91 Å². The summed E-state index contributed by atoms with van der Waals surface area (Å²) in [5.74, 6) is 0.616. The van der Waals surface area contributed by atoms with Crippen molar-refractivity contribution in [2.45, 2.75) is 6.54 Å². The highest BCUT2D eigenvalue weighted by Gasteiger charge is 2.25. The lowest BCUT2D eigenvalue weighted by atomic mass is 10.1. The van der Waals surface area contributed by atoms with Crippen LogP contribution in [0, 0.1) is 0 Å². The van der Waals surface area contributed by atoms with Crippen molar-refractivity contribution >= 4 is 54.8 Å². The van der Waals surface area contributed by atoms with Gasteiger partial charge >= 0.3 is 0 Å². The minimum absolute atomic E-state index is 0.138. The number of amides is 1. The van der Waals surface area contributed by atoms with Crippen molar-refractivity contribution in [3.8, 4) is 16.3 Å². The zero-order valence-corrected chi connectivity index (χ0v) is 20.9. The predicted molar refractivity (Wildman–Crippen MR) is 146 cm³/mol. The molecule has 4 aromatic heterocycles. The van der Waals surface area contributed by atoms with Crippen LogP contribution in [0.15, 0.2) is 90.6 Å². The number of rotatable bonds is 6. The highest BCUT2D eigenvalue weighted by atomic mass is 32.1. The van der Waals surface area contributed by atoms with Gasteiger partial charge in [0, 0.05) is 17.8 Å². The Morgan fingerprint density at radius 2 is 1.89 bits per heavy atom. The van der Waals surface area contributed by atoms with Gasteiger partial charge in [-0.1, -0.05) is 41.7 Å². The molecule has 0 aliphatic heterocycles. The quantitative estimate of drug-likeness (QED) is 0.247. The lowest BCUT2D eigenvalue weighted by Gasteiger charge is -2.21. The third kappa shape index (κ3) is 4.21. The number of anilines is 1. The number of ether oxygens (including phenoxy) is 1. The first-order valence-electron chi connectivity index (χ1n) is 11.3. The minimum atomic E-state index is -0.138. The Labute approximate surface area is 215 Å². The number of para-hydroxylation sites is 1. The SMILES string of the molecule is COc1ccc2nc(N(Cc3cccnc3)C(=O)c3cc(-c4cccs4)nc4ccccc34)sc2c1. The van der Waals surface area contributed by atoms with Crippen LogP contribution in [0.1, 0.15) is 15.9 Å². The van der Waals surface area contributed by atoms with E-state index in [0.29, 0.717) is 17.2 Å². The molecule has 2 aromatic carbocycles. The van der Waals surface area contributed by atoms with Crippen LogP contribution in [0.4, 0.5) is 5.13 Å². The van der Waals surface area contributed by atoms with E-state index in [2.05, 4.69) is 4.98 Å². The predicted octanol–water partition coefficient (Wildman–Crippen LogP) is 6.82. The molecule has 176 valence electrons. The van der Waals surface area contributed by atoms with Gasteiger partial charge in [-0.2, -0.15) is 0 Å². The van der Waals surface area contributed by atoms with Crippen molar-refractivity contribution in [1.82, 2.24) is 15.0 Å². The first kappa shape index (κ1) is 22.3. The summed E-state index contributed by atoms with van der Waals surface area (Å²) in [7, 11) is 1.64. The molecule has 0 atom stereocenters. The van der Waals surface area contributed by atoms with Crippen LogP contribution in [0.2, 0.25) is 0 Å². The summed E-state index contributed by atoms with van der Waals surface area (Å²) < 4.78 is 6.34. The molecule has 4 heterocycles. The molecular formula is C28H20N4O2S2. The molecule has 0 saturated heterocycles. The zero-order valence-electron chi connectivity index (χ0n) is 19.3. The molecular weight excluding hydrogens is 488 g/mol. The average Bonchev–Trinajstić information content (AvgIpc) is 3.61.